The second kappa shape index (κ2) is 10.3. The van der Waals surface area contributed by atoms with Crippen LogP contribution in [0, 0.1) is 6.92 Å². The Balaban J connectivity index is 1.68. The molecule has 1 heterocycles. The van der Waals surface area contributed by atoms with Crippen LogP contribution in [0.15, 0.2) is 62.9 Å². The summed E-state index contributed by atoms with van der Waals surface area (Å²) in [5, 5.41) is -0.303. The Morgan fingerprint density at radius 1 is 1.13 bits per heavy atom. The maximum absolute atomic E-state index is 12.7. The molecule has 1 saturated heterocycles. The Kier molecular flexibility index (Phi) is 7.80. The molecule has 5 nitrogen and oxygen atoms in total. The first kappa shape index (κ1) is 22.7. The van der Waals surface area contributed by atoms with Crippen LogP contribution in [0.1, 0.15) is 11.1 Å². The number of carbonyl (C=O) groups excluding carboxylic acids is 2. The number of ether oxygens (including phenoxy) is 2. The zero-order valence-corrected chi connectivity index (χ0v) is 20.2. The molecule has 0 aromatic heterocycles. The summed E-state index contributed by atoms with van der Waals surface area (Å²) < 4.78 is 12.7. The molecule has 8 heteroatoms. The van der Waals surface area contributed by atoms with Gasteiger partial charge >= 0.3 is 0 Å². The van der Waals surface area contributed by atoms with Crippen LogP contribution in [0.25, 0.3) is 6.08 Å². The van der Waals surface area contributed by atoms with Crippen molar-refractivity contribution in [3.63, 3.8) is 0 Å². The van der Waals surface area contributed by atoms with Crippen LogP contribution >= 0.6 is 43.6 Å². The molecule has 0 bridgehead atoms. The molecule has 0 atom stereocenters. The van der Waals surface area contributed by atoms with Crippen molar-refractivity contribution in [3.8, 4) is 11.5 Å². The maximum Gasteiger partial charge on any atom is 0.293 e. The predicted molar refractivity (Wildman–Crippen MR) is 127 cm³/mol. The first-order chi connectivity index (χ1) is 14.4. The molecule has 1 aliphatic rings. The summed E-state index contributed by atoms with van der Waals surface area (Å²) >= 11 is 7.87. The number of carbonyl (C=O) groups is 2. The molecule has 0 radical (unpaired) electrons. The van der Waals surface area contributed by atoms with Crippen LogP contribution < -0.4 is 9.47 Å². The van der Waals surface area contributed by atoms with Gasteiger partial charge in [0.15, 0.2) is 0 Å². The highest BCUT2D eigenvalue weighted by molar-refractivity contribution is 9.11. The van der Waals surface area contributed by atoms with Crippen molar-refractivity contribution in [2.45, 2.75) is 6.92 Å². The van der Waals surface area contributed by atoms with Crippen molar-refractivity contribution < 1.29 is 19.1 Å². The summed E-state index contributed by atoms with van der Waals surface area (Å²) in [5.41, 5.74) is 1.85. The average molecular weight is 553 g/mol. The van der Waals surface area contributed by atoms with E-state index in [2.05, 4.69) is 38.4 Å². The third-order valence-electron chi connectivity index (χ3n) is 4.11. The van der Waals surface area contributed by atoms with Crippen molar-refractivity contribution in [3.05, 3.63) is 74.0 Å². The SMILES string of the molecule is C=CCOc1c(Br)cc(/C=C2\SC(=O)N(CCOc3cccc(C)c3)C2=O)cc1Br. The second-order valence-electron chi connectivity index (χ2n) is 6.41. The van der Waals surface area contributed by atoms with Crippen molar-refractivity contribution in [1.29, 1.82) is 0 Å². The molecule has 2 aromatic carbocycles. The average Bonchev–Trinajstić information content (AvgIpc) is 2.95. The van der Waals surface area contributed by atoms with Crippen LogP contribution in [-0.4, -0.2) is 35.8 Å². The van der Waals surface area contributed by atoms with Crippen LogP contribution in [0.4, 0.5) is 4.79 Å². The summed E-state index contributed by atoms with van der Waals surface area (Å²) in [6, 6.07) is 11.3. The number of benzene rings is 2. The number of aryl methyl sites for hydroxylation is 1. The lowest BCUT2D eigenvalue weighted by Gasteiger charge is -2.13. The van der Waals surface area contributed by atoms with Gasteiger partial charge in [0, 0.05) is 0 Å². The summed E-state index contributed by atoms with van der Waals surface area (Å²) in [5.74, 6) is 1.04. The van der Waals surface area contributed by atoms with Crippen LogP contribution in [0.3, 0.4) is 0 Å². The normalized spacial score (nSPS) is 15.0. The third-order valence-corrected chi connectivity index (χ3v) is 6.20. The molecule has 0 unspecified atom stereocenters. The van der Waals surface area contributed by atoms with Gasteiger partial charge in [-0.1, -0.05) is 24.8 Å². The molecule has 0 saturated carbocycles. The van der Waals surface area contributed by atoms with E-state index in [4.69, 9.17) is 9.47 Å². The van der Waals surface area contributed by atoms with E-state index in [1.165, 1.54) is 4.90 Å². The highest BCUT2D eigenvalue weighted by Crippen LogP contribution is 2.37. The molecular formula is C22H19Br2NO4S. The molecule has 1 aliphatic heterocycles. The van der Waals surface area contributed by atoms with E-state index in [9.17, 15) is 9.59 Å². The van der Waals surface area contributed by atoms with Gasteiger partial charge in [-0.05, 0) is 92.0 Å². The molecule has 2 aromatic rings. The number of hydrogen-bond acceptors (Lipinski definition) is 5. The van der Waals surface area contributed by atoms with E-state index < -0.39 is 0 Å². The minimum Gasteiger partial charge on any atom is -0.492 e. The fraction of sp³-hybridized carbons (Fsp3) is 0.182. The van der Waals surface area contributed by atoms with E-state index >= 15 is 0 Å². The molecule has 0 N–H and O–H groups in total. The molecular weight excluding hydrogens is 534 g/mol. The van der Waals surface area contributed by atoms with Gasteiger partial charge in [0.2, 0.25) is 0 Å². The number of imide groups is 1. The minimum atomic E-state index is -0.322. The van der Waals surface area contributed by atoms with E-state index in [0.717, 1.165) is 31.8 Å². The van der Waals surface area contributed by atoms with E-state index in [0.29, 0.717) is 23.0 Å². The van der Waals surface area contributed by atoms with E-state index in [1.54, 1.807) is 12.2 Å². The summed E-state index contributed by atoms with van der Waals surface area (Å²) in [6.07, 6.45) is 3.35. The van der Waals surface area contributed by atoms with Crippen molar-refractivity contribution >= 4 is 60.8 Å². The summed E-state index contributed by atoms with van der Waals surface area (Å²) in [6.45, 7) is 6.41. The monoisotopic (exact) mass is 551 g/mol. The van der Waals surface area contributed by atoms with Gasteiger partial charge in [-0.3, -0.25) is 14.5 Å². The van der Waals surface area contributed by atoms with Crippen molar-refractivity contribution in [2.75, 3.05) is 19.8 Å². The van der Waals surface area contributed by atoms with Crippen LogP contribution in [0.5, 0.6) is 11.5 Å². The number of hydrogen-bond donors (Lipinski definition) is 0. The highest BCUT2D eigenvalue weighted by Gasteiger charge is 2.34. The highest BCUT2D eigenvalue weighted by atomic mass is 79.9. The van der Waals surface area contributed by atoms with Gasteiger partial charge < -0.3 is 9.47 Å². The Morgan fingerprint density at radius 3 is 2.53 bits per heavy atom. The van der Waals surface area contributed by atoms with Gasteiger partial charge in [0.1, 0.15) is 24.7 Å². The molecule has 30 heavy (non-hydrogen) atoms. The number of halogens is 2. The quantitative estimate of drug-likeness (QED) is 0.288. The molecule has 2 amide bonds. The molecule has 1 fully saturated rings. The number of nitrogens with zero attached hydrogens (tertiary/aromatic N) is 1. The lowest BCUT2D eigenvalue weighted by atomic mass is 10.2. The largest absolute Gasteiger partial charge is 0.492 e. The summed E-state index contributed by atoms with van der Waals surface area (Å²) in [7, 11) is 0. The molecule has 0 aliphatic carbocycles. The topological polar surface area (TPSA) is 55.8 Å². The third kappa shape index (κ3) is 5.56. The zero-order valence-electron chi connectivity index (χ0n) is 16.2. The van der Waals surface area contributed by atoms with Crippen molar-refractivity contribution in [1.82, 2.24) is 4.90 Å². The Labute approximate surface area is 196 Å². The van der Waals surface area contributed by atoms with Gasteiger partial charge in [-0.15, -0.1) is 0 Å². The zero-order chi connectivity index (χ0) is 21.7. The van der Waals surface area contributed by atoms with Gasteiger partial charge in [0.05, 0.1) is 20.4 Å². The van der Waals surface area contributed by atoms with Crippen LogP contribution in [-0.2, 0) is 4.79 Å². The Bertz CT molecular complexity index is 999. The minimum absolute atomic E-state index is 0.192. The fourth-order valence-corrected chi connectivity index (χ4v) is 5.06. The molecule has 156 valence electrons. The lowest BCUT2D eigenvalue weighted by molar-refractivity contribution is -0.123. The number of thioether (sulfide) groups is 1. The number of amides is 2. The lowest BCUT2D eigenvalue weighted by Crippen LogP contribution is -2.32. The molecule has 0 spiro atoms. The predicted octanol–water partition coefficient (Wildman–Crippen LogP) is 6.20. The first-order valence-corrected chi connectivity index (χ1v) is 11.5. The fourth-order valence-electron chi connectivity index (χ4n) is 2.75. The van der Waals surface area contributed by atoms with E-state index in [1.807, 2.05) is 43.3 Å². The van der Waals surface area contributed by atoms with E-state index in [-0.39, 0.29) is 24.3 Å². The van der Waals surface area contributed by atoms with Gasteiger partial charge in [0.25, 0.3) is 11.1 Å². The standard InChI is InChI=1S/C22H19Br2NO4S/c1-3-8-29-20-17(23)11-15(12-18(20)24)13-19-21(26)25(22(27)30-19)7-9-28-16-6-4-5-14(2)10-16/h3-6,10-13H,1,7-9H2,2H3/b19-13-. The van der Waals surface area contributed by atoms with Gasteiger partial charge in [-0.25, -0.2) is 0 Å². The summed E-state index contributed by atoms with van der Waals surface area (Å²) in [4.78, 5) is 26.6. The van der Waals surface area contributed by atoms with Crippen molar-refractivity contribution in [2.24, 2.45) is 0 Å². The first-order valence-electron chi connectivity index (χ1n) is 9.06. The Hall–Kier alpha value is -2.03. The van der Waals surface area contributed by atoms with Crippen LogP contribution in [0.2, 0.25) is 0 Å². The van der Waals surface area contributed by atoms with Gasteiger partial charge in [-0.2, -0.15) is 0 Å². The maximum atomic E-state index is 12.7. The second-order valence-corrected chi connectivity index (χ2v) is 9.11. The Morgan fingerprint density at radius 2 is 1.87 bits per heavy atom. The molecule has 3 rings (SSSR count). The number of rotatable bonds is 8. The smallest absolute Gasteiger partial charge is 0.293 e.